The van der Waals surface area contributed by atoms with Crippen molar-refractivity contribution in [2.24, 2.45) is 5.92 Å². The molecule has 0 heterocycles. The van der Waals surface area contributed by atoms with Gasteiger partial charge in [0, 0.05) is 5.38 Å². The van der Waals surface area contributed by atoms with Crippen LogP contribution in [0.25, 0.3) is 0 Å². The Morgan fingerprint density at radius 1 is 1.60 bits per heavy atom. The number of allylic oxidation sites excluding steroid dienone is 2. The molecule has 0 saturated heterocycles. The van der Waals surface area contributed by atoms with Gasteiger partial charge >= 0.3 is 0 Å². The number of rotatable bonds is 0. The van der Waals surface area contributed by atoms with Crippen LogP contribution in [0.1, 0.15) is 33.1 Å². The van der Waals surface area contributed by atoms with Crippen molar-refractivity contribution in [3.8, 4) is 0 Å². The molecular formula is C9H15Cl. The molecular weight excluding hydrogens is 144 g/mol. The zero-order valence-electron chi connectivity index (χ0n) is 6.73. The Hall–Kier alpha value is 0.0300. The van der Waals surface area contributed by atoms with Crippen LogP contribution in [0.4, 0.5) is 0 Å². The summed E-state index contributed by atoms with van der Waals surface area (Å²) < 4.78 is 0. The van der Waals surface area contributed by atoms with Crippen LogP contribution >= 0.6 is 11.6 Å². The minimum atomic E-state index is 0.382. The molecule has 0 aromatic rings. The monoisotopic (exact) mass is 158 g/mol. The molecule has 0 N–H and O–H groups in total. The molecule has 0 fully saturated rings. The zero-order valence-corrected chi connectivity index (χ0v) is 7.49. The van der Waals surface area contributed by atoms with Crippen molar-refractivity contribution in [3.63, 3.8) is 0 Å². The van der Waals surface area contributed by atoms with E-state index in [0.717, 1.165) is 12.3 Å². The fourth-order valence-corrected chi connectivity index (χ4v) is 1.97. The Balaban J connectivity index is 2.53. The van der Waals surface area contributed by atoms with Gasteiger partial charge in [-0.05, 0) is 32.1 Å². The molecule has 1 heteroatoms. The van der Waals surface area contributed by atoms with Crippen LogP contribution in [0, 0.1) is 5.92 Å². The second-order valence-electron chi connectivity index (χ2n) is 3.43. The van der Waals surface area contributed by atoms with Gasteiger partial charge in [0.05, 0.1) is 0 Å². The molecule has 0 aromatic heterocycles. The lowest BCUT2D eigenvalue weighted by Crippen LogP contribution is -2.01. The SMILES string of the molecule is CC1=CCC(Cl)CC(C)C1. The molecule has 10 heavy (non-hydrogen) atoms. The number of hydrogen-bond donors (Lipinski definition) is 0. The smallest absolute Gasteiger partial charge is 0.0373 e. The van der Waals surface area contributed by atoms with E-state index in [-0.39, 0.29) is 0 Å². The first-order valence-corrected chi connectivity index (χ1v) is 4.42. The predicted octanol–water partition coefficient (Wildman–Crippen LogP) is 3.36. The first-order chi connectivity index (χ1) is 4.68. The van der Waals surface area contributed by atoms with Crippen LogP contribution in [-0.2, 0) is 0 Å². The largest absolute Gasteiger partial charge is 0.123 e. The Kier molecular flexibility index (Phi) is 2.79. The molecule has 58 valence electrons. The van der Waals surface area contributed by atoms with Gasteiger partial charge in [0.2, 0.25) is 0 Å². The first-order valence-electron chi connectivity index (χ1n) is 3.98. The van der Waals surface area contributed by atoms with Crippen molar-refractivity contribution >= 4 is 11.6 Å². The van der Waals surface area contributed by atoms with E-state index in [0.29, 0.717) is 5.38 Å². The molecule has 0 aliphatic heterocycles. The van der Waals surface area contributed by atoms with Gasteiger partial charge in [0.25, 0.3) is 0 Å². The maximum Gasteiger partial charge on any atom is 0.0373 e. The highest BCUT2D eigenvalue weighted by molar-refractivity contribution is 6.20. The molecule has 0 radical (unpaired) electrons. The number of halogens is 1. The summed E-state index contributed by atoms with van der Waals surface area (Å²) in [5.41, 5.74) is 1.51. The molecule has 0 amide bonds. The Labute approximate surface area is 68.3 Å². The number of hydrogen-bond acceptors (Lipinski definition) is 0. The van der Waals surface area contributed by atoms with Crippen molar-refractivity contribution in [3.05, 3.63) is 11.6 Å². The minimum Gasteiger partial charge on any atom is -0.123 e. The molecule has 0 saturated carbocycles. The average Bonchev–Trinajstić information content (AvgIpc) is 1.93. The van der Waals surface area contributed by atoms with Gasteiger partial charge in [0.15, 0.2) is 0 Å². The summed E-state index contributed by atoms with van der Waals surface area (Å²) in [5, 5.41) is 0.382. The van der Waals surface area contributed by atoms with Crippen LogP contribution < -0.4 is 0 Å². The lowest BCUT2D eigenvalue weighted by Gasteiger charge is -2.09. The third-order valence-electron chi connectivity index (χ3n) is 2.05. The quantitative estimate of drug-likeness (QED) is 0.375. The van der Waals surface area contributed by atoms with Crippen LogP contribution in [0.15, 0.2) is 11.6 Å². The van der Waals surface area contributed by atoms with E-state index in [1.165, 1.54) is 18.4 Å². The van der Waals surface area contributed by atoms with Gasteiger partial charge in [0.1, 0.15) is 0 Å². The molecule has 1 aliphatic rings. The summed E-state index contributed by atoms with van der Waals surface area (Å²) in [5.74, 6) is 0.779. The van der Waals surface area contributed by atoms with E-state index < -0.39 is 0 Å². The van der Waals surface area contributed by atoms with Gasteiger partial charge in [-0.2, -0.15) is 0 Å². The molecule has 1 rings (SSSR count). The zero-order chi connectivity index (χ0) is 7.56. The molecule has 0 aromatic carbocycles. The summed E-state index contributed by atoms with van der Waals surface area (Å²) >= 11 is 6.04. The van der Waals surface area contributed by atoms with Gasteiger partial charge in [-0.15, -0.1) is 11.6 Å². The molecule has 0 nitrogen and oxygen atoms in total. The molecule has 0 spiro atoms. The second kappa shape index (κ2) is 3.43. The lowest BCUT2D eigenvalue weighted by molar-refractivity contribution is 0.528. The highest BCUT2D eigenvalue weighted by atomic mass is 35.5. The Bertz CT molecular complexity index is 138. The van der Waals surface area contributed by atoms with E-state index in [2.05, 4.69) is 19.9 Å². The maximum absolute atomic E-state index is 6.04. The van der Waals surface area contributed by atoms with Crippen molar-refractivity contribution < 1.29 is 0 Å². The molecule has 0 bridgehead atoms. The average molecular weight is 159 g/mol. The van der Waals surface area contributed by atoms with E-state index in [1.54, 1.807) is 0 Å². The van der Waals surface area contributed by atoms with Crippen LogP contribution in [0.5, 0.6) is 0 Å². The van der Waals surface area contributed by atoms with Crippen molar-refractivity contribution in [1.29, 1.82) is 0 Å². The summed E-state index contributed by atoms with van der Waals surface area (Å²) in [7, 11) is 0. The normalized spacial score (nSPS) is 34.9. The van der Waals surface area contributed by atoms with Gasteiger partial charge in [-0.1, -0.05) is 18.6 Å². The summed E-state index contributed by atoms with van der Waals surface area (Å²) in [6.45, 7) is 4.48. The molecule has 2 atom stereocenters. The minimum absolute atomic E-state index is 0.382. The fraction of sp³-hybridized carbons (Fsp3) is 0.778. The van der Waals surface area contributed by atoms with E-state index in [1.807, 2.05) is 0 Å². The summed E-state index contributed by atoms with van der Waals surface area (Å²) in [6, 6.07) is 0. The van der Waals surface area contributed by atoms with Gasteiger partial charge in [-0.3, -0.25) is 0 Å². The van der Waals surface area contributed by atoms with E-state index >= 15 is 0 Å². The molecule has 1 aliphatic carbocycles. The van der Waals surface area contributed by atoms with Crippen LogP contribution in [0.2, 0.25) is 0 Å². The Morgan fingerprint density at radius 2 is 2.30 bits per heavy atom. The highest BCUT2D eigenvalue weighted by Gasteiger charge is 2.13. The van der Waals surface area contributed by atoms with Crippen molar-refractivity contribution in [1.82, 2.24) is 0 Å². The van der Waals surface area contributed by atoms with Gasteiger partial charge < -0.3 is 0 Å². The third-order valence-corrected chi connectivity index (χ3v) is 2.41. The summed E-state index contributed by atoms with van der Waals surface area (Å²) in [6.07, 6.45) is 5.76. The second-order valence-corrected chi connectivity index (χ2v) is 4.05. The first kappa shape index (κ1) is 8.13. The standard InChI is InChI=1S/C9H15Cl/c1-7-3-4-9(10)6-8(2)5-7/h3,8-9H,4-6H2,1-2H3. The third kappa shape index (κ3) is 2.34. The van der Waals surface area contributed by atoms with E-state index in [4.69, 9.17) is 11.6 Å². The number of alkyl halides is 1. The van der Waals surface area contributed by atoms with Crippen LogP contribution in [0.3, 0.4) is 0 Å². The Morgan fingerprint density at radius 3 is 3.00 bits per heavy atom. The fourth-order valence-electron chi connectivity index (χ4n) is 1.58. The topological polar surface area (TPSA) is 0 Å². The van der Waals surface area contributed by atoms with Crippen molar-refractivity contribution in [2.75, 3.05) is 0 Å². The molecule has 2 unspecified atom stereocenters. The highest BCUT2D eigenvalue weighted by Crippen LogP contribution is 2.25. The van der Waals surface area contributed by atoms with Crippen LogP contribution in [-0.4, -0.2) is 5.38 Å². The maximum atomic E-state index is 6.04. The van der Waals surface area contributed by atoms with E-state index in [9.17, 15) is 0 Å². The van der Waals surface area contributed by atoms with Crippen molar-refractivity contribution in [2.45, 2.75) is 38.5 Å². The summed E-state index contributed by atoms with van der Waals surface area (Å²) in [4.78, 5) is 0. The predicted molar refractivity (Wildman–Crippen MR) is 46.4 cm³/mol. The van der Waals surface area contributed by atoms with Gasteiger partial charge in [-0.25, -0.2) is 0 Å². The lowest BCUT2D eigenvalue weighted by atomic mass is 10.0.